The molecular formula is C22H23N3O3S. The Morgan fingerprint density at radius 2 is 1.97 bits per heavy atom. The highest BCUT2D eigenvalue weighted by atomic mass is 32.2. The highest BCUT2D eigenvalue weighted by Gasteiger charge is 2.30. The smallest absolute Gasteiger partial charge is 0.262 e. The van der Waals surface area contributed by atoms with E-state index < -0.39 is 0 Å². The maximum Gasteiger partial charge on any atom is 0.262 e. The maximum atomic E-state index is 13.0. The molecule has 2 aromatic carbocycles. The van der Waals surface area contributed by atoms with Crippen molar-refractivity contribution in [3.8, 4) is 0 Å². The lowest BCUT2D eigenvalue weighted by Crippen LogP contribution is -2.37. The van der Waals surface area contributed by atoms with E-state index in [4.69, 9.17) is 4.74 Å². The van der Waals surface area contributed by atoms with Crippen LogP contribution in [0.5, 0.6) is 0 Å². The van der Waals surface area contributed by atoms with Crippen LogP contribution >= 0.6 is 11.8 Å². The predicted molar refractivity (Wildman–Crippen MR) is 116 cm³/mol. The van der Waals surface area contributed by atoms with Crippen LogP contribution in [0.25, 0.3) is 10.9 Å². The van der Waals surface area contributed by atoms with Gasteiger partial charge in [-0.25, -0.2) is 4.98 Å². The van der Waals surface area contributed by atoms with E-state index in [-0.39, 0.29) is 23.3 Å². The van der Waals surface area contributed by atoms with Gasteiger partial charge in [-0.3, -0.25) is 14.2 Å². The molecule has 7 heteroatoms. The number of ether oxygens (including phenoxy) is 1. The van der Waals surface area contributed by atoms with Gasteiger partial charge in [0.1, 0.15) is 0 Å². The third-order valence-electron chi connectivity index (χ3n) is 5.15. The molecule has 0 bridgehead atoms. The molecule has 4 rings (SSSR count). The van der Waals surface area contributed by atoms with Gasteiger partial charge in [0.25, 0.3) is 5.56 Å². The van der Waals surface area contributed by atoms with Crippen molar-refractivity contribution in [1.29, 1.82) is 0 Å². The topological polar surface area (TPSA) is 64.4 Å². The van der Waals surface area contributed by atoms with E-state index in [1.165, 1.54) is 17.3 Å². The van der Waals surface area contributed by atoms with Gasteiger partial charge in [0.05, 0.1) is 29.8 Å². The van der Waals surface area contributed by atoms with Gasteiger partial charge in [0, 0.05) is 18.8 Å². The first-order chi connectivity index (χ1) is 14.1. The number of thioether (sulfide) groups is 1. The number of carbonyl (C=O) groups is 1. The standard InChI is InChI=1S/C22H23N3O3S/c1-15-13-16-7-3-6-10-19(16)25(15)20(26)14-29-22-23-18-9-5-4-8-17(18)21(27)24(22)11-12-28-2/h3-10,15H,11-14H2,1-2H3/t15-/m0/s1. The molecule has 0 fully saturated rings. The zero-order chi connectivity index (χ0) is 20.4. The third-order valence-corrected chi connectivity index (χ3v) is 6.11. The fourth-order valence-electron chi connectivity index (χ4n) is 3.78. The summed E-state index contributed by atoms with van der Waals surface area (Å²) >= 11 is 1.30. The number of carbonyl (C=O) groups excluding carboxylic acids is 1. The normalized spacial score (nSPS) is 15.7. The predicted octanol–water partition coefficient (Wildman–Crippen LogP) is 3.11. The summed E-state index contributed by atoms with van der Waals surface area (Å²) in [6.07, 6.45) is 0.860. The molecule has 150 valence electrons. The monoisotopic (exact) mass is 409 g/mol. The number of rotatable bonds is 6. The van der Waals surface area contributed by atoms with Gasteiger partial charge in [0.15, 0.2) is 5.16 Å². The minimum atomic E-state index is -0.109. The summed E-state index contributed by atoms with van der Waals surface area (Å²) in [5.74, 6) is 0.240. The molecule has 6 nitrogen and oxygen atoms in total. The molecule has 0 saturated heterocycles. The number of methoxy groups -OCH3 is 1. The number of benzene rings is 2. The first-order valence-corrected chi connectivity index (χ1v) is 10.6. The Hall–Kier alpha value is -2.64. The summed E-state index contributed by atoms with van der Waals surface area (Å²) in [5.41, 5.74) is 2.71. The lowest BCUT2D eigenvalue weighted by molar-refractivity contribution is -0.116. The SMILES string of the molecule is COCCn1c(SCC(=O)N2c3ccccc3C[C@@H]2C)nc2ccccc2c1=O. The molecule has 0 radical (unpaired) electrons. The highest BCUT2D eigenvalue weighted by Crippen LogP contribution is 2.32. The summed E-state index contributed by atoms with van der Waals surface area (Å²) in [6, 6.07) is 15.4. The fraction of sp³-hybridized carbons (Fsp3) is 0.318. The molecule has 1 aliphatic heterocycles. The van der Waals surface area contributed by atoms with E-state index in [0.717, 1.165) is 12.1 Å². The molecular weight excluding hydrogens is 386 g/mol. The van der Waals surface area contributed by atoms with Crippen molar-refractivity contribution in [2.45, 2.75) is 31.1 Å². The van der Waals surface area contributed by atoms with E-state index in [1.54, 1.807) is 17.7 Å². The molecule has 1 aliphatic rings. The van der Waals surface area contributed by atoms with Crippen LogP contribution in [0, 0.1) is 0 Å². The van der Waals surface area contributed by atoms with Crippen molar-refractivity contribution in [3.63, 3.8) is 0 Å². The van der Waals surface area contributed by atoms with E-state index >= 15 is 0 Å². The maximum absolute atomic E-state index is 13.0. The lowest BCUT2D eigenvalue weighted by Gasteiger charge is -2.22. The highest BCUT2D eigenvalue weighted by molar-refractivity contribution is 7.99. The molecule has 3 aromatic rings. The average Bonchev–Trinajstić information content (AvgIpc) is 3.07. The molecule has 29 heavy (non-hydrogen) atoms. The number of nitrogens with zero attached hydrogens (tertiary/aromatic N) is 3. The summed E-state index contributed by atoms with van der Waals surface area (Å²) in [6.45, 7) is 2.86. The molecule has 1 atom stereocenters. The number of hydrogen-bond acceptors (Lipinski definition) is 5. The summed E-state index contributed by atoms with van der Waals surface area (Å²) < 4.78 is 6.76. The van der Waals surface area contributed by atoms with Crippen molar-refractivity contribution in [3.05, 3.63) is 64.4 Å². The largest absolute Gasteiger partial charge is 0.383 e. The summed E-state index contributed by atoms with van der Waals surface area (Å²) in [5, 5.41) is 1.11. The van der Waals surface area contributed by atoms with Crippen LogP contribution in [-0.4, -0.2) is 41.0 Å². The number of anilines is 1. The van der Waals surface area contributed by atoms with Crippen molar-refractivity contribution in [2.24, 2.45) is 0 Å². The van der Waals surface area contributed by atoms with E-state index in [2.05, 4.69) is 18.0 Å². The number of para-hydroxylation sites is 2. The number of amides is 1. The van der Waals surface area contributed by atoms with Crippen molar-refractivity contribution < 1.29 is 9.53 Å². The van der Waals surface area contributed by atoms with Gasteiger partial charge in [-0.15, -0.1) is 0 Å². The van der Waals surface area contributed by atoms with Crippen LogP contribution in [-0.2, 0) is 22.5 Å². The van der Waals surface area contributed by atoms with Gasteiger partial charge >= 0.3 is 0 Å². The van der Waals surface area contributed by atoms with Crippen LogP contribution in [0.3, 0.4) is 0 Å². The van der Waals surface area contributed by atoms with E-state index in [1.807, 2.05) is 41.3 Å². The second kappa shape index (κ2) is 8.39. The molecule has 1 amide bonds. The number of hydrogen-bond donors (Lipinski definition) is 0. The Bertz CT molecular complexity index is 1110. The second-order valence-corrected chi connectivity index (χ2v) is 8.04. The van der Waals surface area contributed by atoms with Crippen LogP contribution in [0.4, 0.5) is 5.69 Å². The molecule has 1 aromatic heterocycles. The molecule has 0 saturated carbocycles. The van der Waals surface area contributed by atoms with Gasteiger partial charge in [-0.2, -0.15) is 0 Å². The van der Waals surface area contributed by atoms with Crippen molar-refractivity contribution >= 4 is 34.3 Å². The minimum Gasteiger partial charge on any atom is -0.383 e. The minimum absolute atomic E-state index is 0.0214. The Morgan fingerprint density at radius 1 is 1.21 bits per heavy atom. The van der Waals surface area contributed by atoms with Crippen LogP contribution in [0.2, 0.25) is 0 Å². The Labute approximate surface area is 173 Å². The molecule has 0 aliphatic carbocycles. The molecule has 0 spiro atoms. The molecule has 0 unspecified atom stereocenters. The van der Waals surface area contributed by atoms with Gasteiger partial charge < -0.3 is 9.64 Å². The Kier molecular flexibility index (Phi) is 5.69. The summed E-state index contributed by atoms with van der Waals surface area (Å²) in [7, 11) is 1.60. The first-order valence-electron chi connectivity index (χ1n) is 9.61. The lowest BCUT2D eigenvalue weighted by atomic mass is 10.1. The fourth-order valence-corrected chi connectivity index (χ4v) is 4.66. The second-order valence-electron chi connectivity index (χ2n) is 7.10. The van der Waals surface area contributed by atoms with E-state index in [9.17, 15) is 9.59 Å². The third kappa shape index (κ3) is 3.80. The average molecular weight is 410 g/mol. The van der Waals surface area contributed by atoms with Gasteiger partial charge in [-0.05, 0) is 37.1 Å². The molecule has 2 heterocycles. The van der Waals surface area contributed by atoms with E-state index in [0.29, 0.717) is 29.2 Å². The van der Waals surface area contributed by atoms with Crippen LogP contribution < -0.4 is 10.5 Å². The van der Waals surface area contributed by atoms with Gasteiger partial charge in [0.2, 0.25) is 5.91 Å². The first kappa shape index (κ1) is 19.7. The molecule has 0 N–H and O–H groups in total. The quantitative estimate of drug-likeness (QED) is 0.462. The van der Waals surface area contributed by atoms with Crippen LogP contribution in [0.1, 0.15) is 12.5 Å². The zero-order valence-corrected chi connectivity index (χ0v) is 17.3. The van der Waals surface area contributed by atoms with Crippen LogP contribution in [0.15, 0.2) is 58.5 Å². The van der Waals surface area contributed by atoms with Crippen molar-refractivity contribution in [2.75, 3.05) is 24.4 Å². The zero-order valence-electron chi connectivity index (χ0n) is 16.5. The van der Waals surface area contributed by atoms with Gasteiger partial charge in [-0.1, -0.05) is 42.1 Å². The Morgan fingerprint density at radius 3 is 2.79 bits per heavy atom. The summed E-state index contributed by atoms with van der Waals surface area (Å²) in [4.78, 5) is 32.5. The number of aromatic nitrogens is 2. The Balaban J connectivity index is 1.61. The van der Waals surface area contributed by atoms with Crippen molar-refractivity contribution in [1.82, 2.24) is 9.55 Å². The number of fused-ring (bicyclic) bond motifs is 2.